The van der Waals surface area contributed by atoms with E-state index in [1.54, 1.807) is 18.0 Å². The fourth-order valence-electron chi connectivity index (χ4n) is 3.35. The minimum Gasteiger partial charge on any atom is -0.454 e. The summed E-state index contributed by atoms with van der Waals surface area (Å²) in [4.78, 5) is 10.0. The largest absolute Gasteiger partial charge is 0.454 e. The van der Waals surface area contributed by atoms with Crippen molar-refractivity contribution in [2.75, 3.05) is 12.5 Å². The second kappa shape index (κ2) is 8.07. The average molecular weight is 477 g/mol. The third-order valence-electron chi connectivity index (χ3n) is 4.85. The summed E-state index contributed by atoms with van der Waals surface area (Å²) in [6.07, 6.45) is 5.19. The van der Waals surface area contributed by atoms with Gasteiger partial charge in [0.05, 0.1) is 5.52 Å². The lowest BCUT2D eigenvalue weighted by Crippen LogP contribution is -2.06. The van der Waals surface area contributed by atoms with E-state index in [2.05, 4.69) is 46.3 Å². The quantitative estimate of drug-likeness (QED) is 0.448. The first-order valence-corrected chi connectivity index (χ1v) is 11.3. The molecule has 154 valence electrons. The second-order valence-electron chi connectivity index (χ2n) is 8.37. The molecule has 0 saturated heterocycles. The van der Waals surface area contributed by atoms with E-state index in [-0.39, 0.29) is 6.79 Å². The number of rotatable bonds is 6. The summed E-state index contributed by atoms with van der Waals surface area (Å²) in [5.41, 5.74) is 8.23. The van der Waals surface area contributed by atoms with Gasteiger partial charge in [0.2, 0.25) is 6.79 Å². The first kappa shape index (κ1) is 20.3. The molecule has 0 unspecified atom stereocenters. The van der Waals surface area contributed by atoms with Gasteiger partial charge in [-0.15, -0.1) is 0 Å². The molecule has 3 heterocycles. The molecule has 4 rings (SSSR count). The summed E-state index contributed by atoms with van der Waals surface area (Å²) in [6, 6.07) is 5.92. The summed E-state index contributed by atoms with van der Waals surface area (Å²) in [7, 11) is 0. The number of ether oxygens (including phenoxy) is 2. The maximum atomic E-state index is 6.11. The molecule has 1 aliphatic rings. The highest BCUT2D eigenvalue weighted by molar-refractivity contribution is 9.10. The molecule has 1 aliphatic heterocycles. The molecular weight excluding hydrogens is 452 g/mol. The Morgan fingerprint density at radius 3 is 2.72 bits per heavy atom. The van der Waals surface area contributed by atoms with Crippen molar-refractivity contribution >= 4 is 44.5 Å². The Morgan fingerprint density at radius 1 is 1.21 bits per heavy atom. The molecule has 6 nitrogen and oxygen atoms in total. The molecule has 2 N–H and O–H groups in total. The van der Waals surface area contributed by atoms with Crippen molar-refractivity contribution in [3.63, 3.8) is 0 Å². The molecule has 0 fully saturated rings. The minimum atomic E-state index is 0.254. The number of nitrogen functional groups attached to an aromatic ring is 1. The van der Waals surface area contributed by atoms with Crippen LogP contribution in [0.3, 0.4) is 0 Å². The third-order valence-corrected chi connectivity index (χ3v) is 6.82. The van der Waals surface area contributed by atoms with Crippen LogP contribution in [0.2, 0.25) is 0 Å². The molecule has 0 atom stereocenters. The van der Waals surface area contributed by atoms with Crippen molar-refractivity contribution in [3.8, 4) is 11.5 Å². The Balaban J connectivity index is 1.64. The van der Waals surface area contributed by atoms with Crippen LogP contribution in [-0.4, -0.2) is 21.3 Å². The van der Waals surface area contributed by atoms with Crippen LogP contribution in [-0.2, 0) is 6.54 Å². The number of aryl methyl sites for hydroxylation is 1. The van der Waals surface area contributed by atoms with Gasteiger partial charge in [0, 0.05) is 22.1 Å². The van der Waals surface area contributed by atoms with Gasteiger partial charge in [-0.25, -0.2) is 9.97 Å². The second-order valence-corrected chi connectivity index (χ2v) is 10.2. The van der Waals surface area contributed by atoms with Gasteiger partial charge in [0.1, 0.15) is 5.52 Å². The zero-order valence-electron chi connectivity index (χ0n) is 16.9. The van der Waals surface area contributed by atoms with Crippen LogP contribution in [0.4, 0.5) is 5.82 Å². The van der Waals surface area contributed by atoms with E-state index in [4.69, 9.17) is 20.2 Å². The van der Waals surface area contributed by atoms with Gasteiger partial charge in [0.15, 0.2) is 22.5 Å². The summed E-state index contributed by atoms with van der Waals surface area (Å²) in [5, 5.41) is 0.898. The monoisotopic (exact) mass is 476 g/mol. The molecule has 0 saturated carbocycles. The summed E-state index contributed by atoms with van der Waals surface area (Å²) in [5.74, 6) is 1.97. The maximum absolute atomic E-state index is 6.11. The van der Waals surface area contributed by atoms with E-state index >= 15 is 0 Å². The van der Waals surface area contributed by atoms with Crippen molar-refractivity contribution in [1.82, 2.24) is 14.5 Å². The number of halogens is 1. The van der Waals surface area contributed by atoms with Gasteiger partial charge in [-0.1, -0.05) is 39.0 Å². The summed E-state index contributed by atoms with van der Waals surface area (Å²) < 4.78 is 14.2. The lowest BCUT2D eigenvalue weighted by atomic mass is 9.90. The van der Waals surface area contributed by atoms with Crippen molar-refractivity contribution in [3.05, 3.63) is 28.9 Å². The van der Waals surface area contributed by atoms with E-state index in [1.165, 1.54) is 12.8 Å². The molecule has 0 bridgehead atoms. The highest BCUT2D eigenvalue weighted by atomic mass is 79.9. The summed E-state index contributed by atoms with van der Waals surface area (Å²) in [6.45, 7) is 7.99. The number of nitrogens with two attached hydrogens (primary N) is 1. The highest BCUT2D eigenvalue weighted by Crippen LogP contribution is 2.43. The number of aromatic nitrogens is 3. The van der Waals surface area contributed by atoms with E-state index in [0.29, 0.717) is 11.2 Å². The molecule has 0 aliphatic carbocycles. The van der Waals surface area contributed by atoms with Gasteiger partial charge in [-0.2, -0.15) is 0 Å². The Morgan fingerprint density at radius 2 is 1.97 bits per heavy atom. The van der Waals surface area contributed by atoms with Crippen molar-refractivity contribution in [2.45, 2.75) is 56.6 Å². The van der Waals surface area contributed by atoms with Gasteiger partial charge < -0.3 is 19.8 Å². The summed E-state index contributed by atoms with van der Waals surface area (Å²) >= 11 is 5.24. The normalized spacial score (nSPS) is 13.4. The van der Waals surface area contributed by atoms with Crippen LogP contribution in [0.25, 0.3) is 11.0 Å². The zero-order chi connectivity index (χ0) is 20.6. The number of unbranched alkanes of at least 4 members (excludes halogenated alkanes) is 1. The third kappa shape index (κ3) is 4.48. The van der Waals surface area contributed by atoms with Crippen LogP contribution in [0.5, 0.6) is 11.5 Å². The Kier molecular flexibility index (Phi) is 5.66. The van der Waals surface area contributed by atoms with E-state index in [0.717, 1.165) is 50.0 Å². The SMILES string of the molecule is CC(C)(C)CCCCn1c(Sc2cc3c(cc2Br)OCO3)nc2c(N)nccc21. The topological polar surface area (TPSA) is 75.2 Å². The maximum Gasteiger partial charge on any atom is 0.231 e. The molecule has 0 radical (unpaired) electrons. The van der Waals surface area contributed by atoms with E-state index in [9.17, 15) is 0 Å². The zero-order valence-corrected chi connectivity index (χ0v) is 19.3. The van der Waals surface area contributed by atoms with Crippen LogP contribution < -0.4 is 15.2 Å². The molecule has 1 aromatic carbocycles. The molecule has 0 amide bonds. The number of imidazole rings is 1. The van der Waals surface area contributed by atoms with Gasteiger partial charge in [0.25, 0.3) is 0 Å². The molecule has 8 heteroatoms. The van der Waals surface area contributed by atoms with Crippen molar-refractivity contribution in [2.24, 2.45) is 5.41 Å². The molecule has 0 spiro atoms. The number of fused-ring (bicyclic) bond motifs is 2. The number of nitrogens with zero attached hydrogens (tertiary/aromatic N) is 3. The van der Waals surface area contributed by atoms with Crippen molar-refractivity contribution < 1.29 is 9.47 Å². The van der Waals surface area contributed by atoms with E-state index in [1.807, 2.05) is 18.2 Å². The number of pyridine rings is 1. The number of hydrogen-bond donors (Lipinski definition) is 1. The molecule has 3 aromatic rings. The van der Waals surface area contributed by atoms with Gasteiger partial charge in [-0.05, 0) is 52.4 Å². The van der Waals surface area contributed by atoms with Crippen LogP contribution >= 0.6 is 27.7 Å². The average Bonchev–Trinajstić information content (AvgIpc) is 3.23. The molecule has 2 aromatic heterocycles. The van der Waals surface area contributed by atoms with E-state index < -0.39 is 0 Å². The Bertz CT molecular complexity index is 1050. The molecule has 29 heavy (non-hydrogen) atoms. The van der Waals surface area contributed by atoms with Gasteiger partial charge >= 0.3 is 0 Å². The Labute approximate surface area is 183 Å². The lowest BCUT2D eigenvalue weighted by molar-refractivity contribution is 0.174. The van der Waals surface area contributed by atoms with Gasteiger partial charge in [-0.3, -0.25) is 0 Å². The fraction of sp³-hybridized carbons (Fsp3) is 0.429. The minimum absolute atomic E-state index is 0.254. The van der Waals surface area contributed by atoms with Crippen LogP contribution in [0.15, 0.2) is 38.9 Å². The van der Waals surface area contributed by atoms with Crippen LogP contribution in [0, 0.1) is 5.41 Å². The predicted octanol–water partition coefficient (Wildman–Crippen LogP) is 5.87. The highest BCUT2D eigenvalue weighted by Gasteiger charge is 2.20. The first-order valence-electron chi connectivity index (χ1n) is 9.69. The number of anilines is 1. The fourth-order valence-corrected chi connectivity index (χ4v) is 4.87. The van der Waals surface area contributed by atoms with Crippen LogP contribution in [0.1, 0.15) is 40.0 Å². The number of benzene rings is 1. The Hall–Kier alpha value is -1.93. The predicted molar refractivity (Wildman–Crippen MR) is 120 cm³/mol. The molecular formula is C21H25BrN4O2S. The smallest absolute Gasteiger partial charge is 0.231 e. The lowest BCUT2D eigenvalue weighted by Gasteiger charge is -2.18. The standard InChI is InChI=1S/C21H25BrN4O2S/c1-21(2,3)7-4-5-9-26-14-6-8-24-19(23)18(14)25-20(26)29-17-11-16-15(10-13(17)22)27-12-28-16/h6,8,10-11H,4-5,7,9,12H2,1-3H3,(H2,23,24). The number of hydrogen-bond acceptors (Lipinski definition) is 6. The first-order chi connectivity index (χ1) is 13.8. The van der Waals surface area contributed by atoms with Crippen molar-refractivity contribution in [1.29, 1.82) is 0 Å².